The normalized spacial score (nSPS) is 21.2. The van der Waals surface area contributed by atoms with Gasteiger partial charge in [-0.25, -0.2) is 0 Å². The first-order valence-electron chi connectivity index (χ1n) is 8.73. The Morgan fingerprint density at radius 1 is 1.26 bits per heavy atom. The van der Waals surface area contributed by atoms with Crippen molar-refractivity contribution in [2.75, 3.05) is 13.2 Å². The molecule has 27 heavy (non-hydrogen) atoms. The standard InChI is InChI=1S/C19H20N2O4S.H2S/c22-11-16(23)13-2-1-12-3-4-19(8-14(12)7-13)5-6-21(17(19)24)10-15-9-20-18(25)26-15;/h1-2,7,9,22H,3-6,8,10-11H2,(H,20,25);1H2/t19-;/m1./s1. The van der Waals surface area contributed by atoms with Crippen LogP contribution in [0.1, 0.15) is 39.2 Å². The number of nitrogens with one attached hydrogen (secondary N) is 1. The maximum Gasteiger partial charge on any atom is 0.304 e. The van der Waals surface area contributed by atoms with Gasteiger partial charge in [0.25, 0.3) is 0 Å². The number of aromatic nitrogens is 1. The quantitative estimate of drug-likeness (QED) is 0.755. The summed E-state index contributed by atoms with van der Waals surface area (Å²) in [5, 5.41) is 9.08. The van der Waals surface area contributed by atoms with E-state index in [1.165, 1.54) is 5.56 Å². The van der Waals surface area contributed by atoms with Crippen LogP contribution in [0.2, 0.25) is 0 Å². The zero-order chi connectivity index (χ0) is 18.3. The highest BCUT2D eigenvalue weighted by molar-refractivity contribution is 7.59. The van der Waals surface area contributed by atoms with E-state index in [1.54, 1.807) is 12.3 Å². The molecule has 2 aromatic rings. The molecule has 0 saturated carbocycles. The Labute approximate surface area is 167 Å². The average Bonchev–Trinajstić information content (AvgIpc) is 3.19. The summed E-state index contributed by atoms with van der Waals surface area (Å²) < 4.78 is 0. The summed E-state index contributed by atoms with van der Waals surface area (Å²) in [5.74, 6) is -0.156. The number of Topliss-reactive ketones (excluding diaryl/α,β-unsaturated/α-hetero) is 1. The molecule has 8 heteroatoms. The van der Waals surface area contributed by atoms with Crippen LogP contribution >= 0.6 is 24.8 Å². The molecule has 1 aromatic heterocycles. The molecule has 2 aliphatic rings. The van der Waals surface area contributed by atoms with E-state index in [0.717, 1.165) is 41.0 Å². The lowest BCUT2D eigenvalue weighted by molar-refractivity contribution is -0.137. The maximum atomic E-state index is 13.1. The molecule has 2 heterocycles. The largest absolute Gasteiger partial charge is 0.388 e. The number of H-pyrrole nitrogens is 1. The lowest BCUT2D eigenvalue weighted by atomic mass is 9.70. The molecule has 1 aromatic carbocycles. The lowest BCUT2D eigenvalue weighted by Gasteiger charge is -2.33. The molecule has 0 bridgehead atoms. The Kier molecular flexibility index (Phi) is 5.60. The fourth-order valence-corrected chi connectivity index (χ4v) is 4.84. The molecule has 1 fully saturated rings. The Morgan fingerprint density at radius 2 is 2.07 bits per heavy atom. The van der Waals surface area contributed by atoms with E-state index < -0.39 is 12.0 Å². The van der Waals surface area contributed by atoms with E-state index >= 15 is 0 Å². The molecule has 144 valence electrons. The minimum atomic E-state index is -0.504. The molecule has 1 aliphatic carbocycles. The molecule has 6 nitrogen and oxygen atoms in total. The zero-order valence-electron chi connectivity index (χ0n) is 14.8. The van der Waals surface area contributed by atoms with Gasteiger partial charge in [0, 0.05) is 23.2 Å². The van der Waals surface area contributed by atoms with E-state index in [0.29, 0.717) is 25.1 Å². The third-order valence-electron chi connectivity index (χ3n) is 5.60. The molecule has 1 spiro atoms. The van der Waals surface area contributed by atoms with Crippen molar-refractivity contribution >= 4 is 36.5 Å². The highest BCUT2D eigenvalue weighted by Crippen LogP contribution is 2.44. The predicted molar refractivity (Wildman–Crippen MR) is 108 cm³/mol. The second kappa shape index (κ2) is 7.61. The number of thiazole rings is 1. The van der Waals surface area contributed by atoms with E-state index in [1.807, 2.05) is 17.0 Å². The SMILES string of the molecule is O=C(CO)c1ccc2c(c1)C[C@@]1(CC2)CCN(Cc2c[nH]c(=O)s2)C1=O.S. The highest BCUT2D eigenvalue weighted by Gasteiger charge is 2.48. The van der Waals surface area contributed by atoms with Crippen LogP contribution in [0.25, 0.3) is 0 Å². The predicted octanol–water partition coefficient (Wildman–Crippen LogP) is 1.63. The van der Waals surface area contributed by atoms with Gasteiger partial charge in [0.2, 0.25) is 5.91 Å². The molecular weight excluding hydrogens is 384 g/mol. The Hall–Kier alpha value is -1.90. The molecule has 1 saturated heterocycles. The van der Waals surface area contributed by atoms with Crippen LogP contribution in [0.5, 0.6) is 0 Å². The first-order valence-corrected chi connectivity index (χ1v) is 9.55. The average molecular weight is 407 g/mol. The van der Waals surface area contributed by atoms with Crippen molar-refractivity contribution in [3.63, 3.8) is 0 Å². The number of aromatic amines is 1. The van der Waals surface area contributed by atoms with Crippen LogP contribution < -0.4 is 4.87 Å². The maximum absolute atomic E-state index is 13.1. The number of aryl methyl sites for hydroxylation is 1. The number of fused-ring (bicyclic) bond motifs is 1. The number of aliphatic hydroxyl groups is 1. The van der Waals surface area contributed by atoms with Crippen molar-refractivity contribution in [1.82, 2.24) is 9.88 Å². The molecule has 0 radical (unpaired) electrons. The number of nitrogens with zero attached hydrogens (tertiary/aromatic N) is 1. The highest BCUT2D eigenvalue weighted by atomic mass is 32.1. The molecule has 0 unspecified atom stereocenters. The van der Waals surface area contributed by atoms with Gasteiger partial charge in [-0.2, -0.15) is 13.5 Å². The van der Waals surface area contributed by atoms with Crippen molar-refractivity contribution in [2.24, 2.45) is 5.41 Å². The summed E-state index contributed by atoms with van der Waals surface area (Å²) in [5.41, 5.74) is 2.31. The van der Waals surface area contributed by atoms with Crippen LogP contribution in [0, 0.1) is 5.41 Å². The molecule has 1 amide bonds. The van der Waals surface area contributed by atoms with E-state index in [2.05, 4.69) is 4.98 Å². The van der Waals surface area contributed by atoms with Gasteiger partial charge in [0.05, 0.1) is 12.0 Å². The molecular formula is C19H22N2O4S2. The lowest BCUT2D eigenvalue weighted by Crippen LogP contribution is -2.38. The number of amides is 1. The summed E-state index contributed by atoms with van der Waals surface area (Å²) in [4.78, 5) is 41.4. The summed E-state index contributed by atoms with van der Waals surface area (Å²) >= 11 is 1.14. The smallest absolute Gasteiger partial charge is 0.304 e. The van der Waals surface area contributed by atoms with Crippen molar-refractivity contribution in [3.8, 4) is 0 Å². The van der Waals surface area contributed by atoms with Crippen LogP contribution in [-0.4, -0.2) is 39.8 Å². The van der Waals surface area contributed by atoms with Crippen molar-refractivity contribution in [1.29, 1.82) is 0 Å². The van der Waals surface area contributed by atoms with E-state index in [-0.39, 0.29) is 30.1 Å². The zero-order valence-corrected chi connectivity index (χ0v) is 16.6. The number of hydrogen-bond donors (Lipinski definition) is 2. The van der Waals surface area contributed by atoms with Crippen molar-refractivity contribution < 1.29 is 14.7 Å². The number of carbonyl (C=O) groups is 2. The Morgan fingerprint density at radius 3 is 2.78 bits per heavy atom. The molecule has 1 aliphatic heterocycles. The number of aliphatic hydroxyl groups excluding tert-OH is 1. The van der Waals surface area contributed by atoms with Gasteiger partial charge in [-0.15, -0.1) is 0 Å². The van der Waals surface area contributed by atoms with Gasteiger partial charge in [-0.05, 0) is 42.9 Å². The van der Waals surface area contributed by atoms with Crippen LogP contribution in [-0.2, 0) is 24.2 Å². The number of carbonyl (C=O) groups excluding carboxylic acids is 2. The van der Waals surface area contributed by atoms with Crippen LogP contribution in [0.3, 0.4) is 0 Å². The van der Waals surface area contributed by atoms with E-state index in [4.69, 9.17) is 5.11 Å². The Bertz CT molecular complexity index is 936. The van der Waals surface area contributed by atoms with Gasteiger partial charge in [0.15, 0.2) is 5.78 Å². The summed E-state index contributed by atoms with van der Waals surface area (Å²) in [6.45, 7) is 0.658. The topological polar surface area (TPSA) is 90.5 Å². The van der Waals surface area contributed by atoms with Crippen LogP contribution in [0.4, 0.5) is 0 Å². The number of ketones is 1. The summed E-state index contributed by atoms with van der Waals surface area (Å²) in [6.07, 6.45) is 4.73. The summed E-state index contributed by atoms with van der Waals surface area (Å²) in [6, 6.07) is 5.54. The summed E-state index contributed by atoms with van der Waals surface area (Å²) in [7, 11) is 0. The van der Waals surface area contributed by atoms with Gasteiger partial charge >= 0.3 is 4.87 Å². The Balaban J connectivity index is 0.00000210. The van der Waals surface area contributed by atoms with Gasteiger partial charge in [0.1, 0.15) is 6.61 Å². The first kappa shape index (κ1) is 19.9. The van der Waals surface area contributed by atoms with Crippen LogP contribution in [0.15, 0.2) is 29.2 Å². The molecule has 2 N–H and O–H groups in total. The van der Waals surface area contributed by atoms with E-state index in [9.17, 15) is 14.4 Å². The second-order valence-corrected chi connectivity index (χ2v) is 8.24. The second-order valence-electron chi connectivity index (χ2n) is 7.14. The first-order chi connectivity index (χ1) is 12.5. The monoisotopic (exact) mass is 406 g/mol. The molecule has 4 rings (SSSR count). The number of benzene rings is 1. The number of likely N-dealkylation sites (tertiary alicyclic amines) is 1. The fraction of sp³-hybridized carbons (Fsp3) is 0.421. The number of rotatable bonds is 4. The van der Waals surface area contributed by atoms with Gasteiger partial charge < -0.3 is 15.0 Å². The van der Waals surface area contributed by atoms with Gasteiger partial charge in [-0.3, -0.25) is 14.4 Å². The third-order valence-corrected chi connectivity index (χ3v) is 6.41. The minimum absolute atomic E-state index is 0. The fourth-order valence-electron chi connectivity index (χ4n) is 4.15. The number of hydrogen-bond acceptors (Lipinski definition) is 5. The van der Waals surface area contributed by atoms with Gasteiger partial charge in [-0.1, -0.05) is 23.5 Å². The third kappa shape index (κ3) is 3.61. The van der Waals surface area contributed by atoms with Crippen molar-refractivity contribution in [2.45, 2.75) is 32.2 Å². The minimum Gasteiger partial charge on any atom is -0.388 e. The van der Waals surface area contributed by atoms with Crippen molar-refractivity contribution in [3.05, 3.63) is 55.6 Å². The molecule has 1 atom stereocenters.